The highest BCUT2D eigenvalue weighted by Crippen LogP contribution is 2.29. The molecule has 0 saturated carbocycles. The standard InChI is InChI=1S/C21H23N3O4S/c1-26-16-6-4-15(5-7-16)13-24-11-10-22-21(24)29-14-20(25)23-18-9-8-17(27-2)12-19(18)28-3/h4-12H,13-14H2,1-3H3,(H,23,25). The molecule has 152 valence electrons. The zero-order valence-electron chi connectivity index (χ0n) is 16.5. The smallest absolute Gasteiger partial charge is 0.234 e. The Bertz CT molecular complexity index is 957. The van der Waals surface area contributed by atoms with Crippen molar-refractivity contribution in [2.24, 2.45) is 0 Å². The molecule has 0 aliphatic carbocycles. The summed E-state index contributed by atoms with van der Waals surface area (Å²) in [6.45, 7) is 0.667. The van der Waals surface area contributed by atoms with E-state index in [1.165, 1.54) is 11.8 Å². The van der Waals surface area contributed by atoms with Crippen LogP contribution >= 0.6 is 11.8 Å². The number of anilines is 1. The number of hydrogen-bond donors (Lipinski definition) is 1. The molecular formula is C21H23N3O4S. The third kappa shape index (κ3) is 5.45. The molecular weight excluding hydrogens is 390 g/mol. The Labute approximate surface area is 174 Å². The Kier molecular flexibility index (Phi) is 7.02. The van der Waals surface area contributed by atoms with E-state index in [-0.39, 0.29) is 11.7 Å². The minimum absolute atomic E-state index is 0.141. The summed E-state index contributed by atoms with van der Waals surface area (Å²) in [7, 11) is 4.78. The van der Waals surface area contributed by atoms with Crippen molar-refractivity contribution in [3.8, 4) is 17.2 Å². The maximum absolute atomic E-state index is 12.4. The van der Waals surface area contributed by atoms with Crippen molar-refractivity contribution in [1.29, 1.82) is 0 Å². The molecule has 3 rings (SSSR count). The Morgan fingerprint density at radius 1 is 1.03 bits per heavy atom. The van der Waals surface area contributed by atoms with Crippen LogP contribution in [0.2, 0.25) is 0 Å². The van der Waals surface area contributed by atoms with Crippen LogP contribution in [0.15, 0.2) is 60.0 Å². The number of imidazole rings is 1. The lowest BCUT2D eigenvalue weighted by Crippen LogP contribution is -2.15. The van der Waals surface area contributed by atoms with Crippen LogP contribution < -0.4 is 19.5 Å². The van der Waals surface area contributed by atoms with Gasteiger partial charge >= 0.3 is 0 Å². The van der Waals surface area contributed by atoms with E-state index >= 15 is 0 Å². The number of carbonyl (C=O) groups excluding carboxylic acids is 1. The van der Waals surface area contributed by atoms with Gasteiger partial charge in [-0.1, -0.05) is 23.9 Å². The predicted octanol–water partition coefficient (Wildman–Crippen LogP) is 3.69. The van der Waals surface area contributed by atoms with E-state index in [1.807, 2.05) is 35.0 Å². The Morgan fingerprint density at radius 2 is 1.76 bits per heavy atom. The van der Waals surface area contributed by atoms with Crippen LogP contribution in [0.3, 0.4) is 0 Å². The van der Waals surface area contributed by atoms with E-state index in [0.717, 1.165) is 16.5 Å². The van der Waals surface area contributed by atoms with Gasteiger partial charge < -0.3 is 24.1 Å². The van der Waals surface area contributed by atoms with Gasteiger partial charge in [-0.25, -0.2) is 4.98 Å². The molecule has 0 aliphatic rings. The summed E-state index contributed by atoms with van der Waals surface area (Å²) < 4.78 is 17.7. The Hall–Kier alpha value is -3.13. The van der Waals surface area contributed by atoms with Gasteiger partial charge in [0.2, 0.25) is 5.91 Å². The lowest BCUT2D eigenvalue weighted by molar-refractivity contribution is -0.113. The van der Waals surface area contributed by atoms with Gasteiger partial charge in [-0.15, -0.1) is 0 Å². The van der Waals surface area contributed by atoms with Crippen molar-refractivity contribution in [3.05, 3.63) is 60.4 Å². The maximum atomic E-state index is 12.4. The van der Waals surface area contributed by atoms with Gasteiger partial charge in [0.25, 0.3) is 0 Å². The number of methoxy groups -OCH3 is 3. The number of rotatable bonds is 9. The first-order chi connectivity index (χ1) is 14.1. The quantitative estimate of drug-likeness (QED) is 0.540. The number of aromatic nitrogens is 2. The highest BCUT2D eigenvalue weighted by Gasteiger charge is 2.12. The van der Waals surface area contributed by atoms with Gasteiger partial charge in [-0.2, -0.15) is 0 Å². The lowest BCUT2D eigenvalue weighted by atomic mass is 10.2. The highest BCUT2D eigenvalue weighted by molar-refractivity contribution is 7.99. The highest BCUT2D eigenvalue weighted by atomic mass is 32.2. The molecule has 0 unspecified atom stereocenters. The SMILES string of the molecule is COc1ccc(Cn2ccnc2SCC(=O)Nc2ccc(OC)cc2OC)cc1. The molecule has 0 bridgehead atoms. The average Bonchev–Trinajstić information content (AvgIpc) is 3.20. The largest absolute Gasteiger partial charge is 0.497 e. The molecule has 0 fully saturated rings. The second-order valence-corrected chi connectivity index (χ2v) is 7.03. The van der Waals surface area contributed by atoms with E-state index in [1.54, 1.807) is 45.7 Å². The summed E-state index contributed by atoms with van der Waals surface area (Å²) in [5.41, 5.74) is 1.72. The molecule has 0 spiro atoms. The second kappa shape index (κ2) is 9.88. The number of ether oxygens (including phenoxy) is 3. The van der Waals surface area contributed by atoms with Gasteiger partial charge in [0.15, 0.2) is 5.16 Å². The summed E-state index contributed by atoms with van der Waals surface area (Å²) in [6, 6.07) is 13.1. The topological polar surface area (TPSA) is 74.6 Å². The van der Waals surface area contributed by atoms with Crippen molar-refractivity contribution < 1.29 is 19.0 Å². The van der Waals surface area contributed by atoms with Crippen molar-refractivity contribution in [3.63, 3.8) is 0 Å². The molecule has 2 aromatic carbocycles. The molecule has 1 N–H and O–H groups in total. The fraction of sp³-hybridized carbons (Fsp3) is 0.238. The first-order valence-electron chi connectivity index (χ1n) is 8.91. The minimum atomic E-state index is -0.141. The van der Waals surface area contributed by atoms with Gasteiger partial charge in [0.05, 0.1) is 32.8 Å². The molecule has 7 nitrogen and oxygen atoms in total. The monoisotopic (exact) mass is 413 g/mol. The van der Waals surface area contributed by atoms with Crippen LogP contribution in [-0.4, -0.2) is 42.5 Å². The molecule has 0 saturated heterocycles. The Balaban J connectivity index is 1.59. The zero-order chi connectivity index (χ0) is 20.6. The van der Waals surface area contributed by atoms with Crippen LogP contribution in [0.25, 0.3) is 0 Å². The zero-order valence-corrected chi connectivity index (χ0v) is 17.4. The van der Waals surface area contributed by atoms with Crippen LogP contribution in [0.5, 0.6) is 17.2 Å². The van der Waals surface area contributed by atoms with Gasteiger partial charge in [-0.3, -0.25) is 4.79 Å². The van der Waals surface area contributed by atoms with Gasteiger partial charge in [0.1, 0.15) is 17.2 Å². The molecule has 1 aromatic heterocycles. The van der Waals surface area contributed by atoms with Crippen molar-refractivity contribution in [1.82, 2.24) is 9.55 Å². The normalized spacial score (nSPS) is 10.4. The van der Waals surface area contributed by atoms with Crippen LogP contribution in [0.4, 0.5) is 5.69 Å². The average molecular weight is 413 g/mol. The molecule has 1 amide bonds. The summed E-state index contributed by atoms with van der Waals surface area (Å²) >= 11 is 1.38. The summed E-state index contributed by atoms with van der Waals surface area (Å²) in [5, 5.41) is 3.64. The first kappa shape index (κ1) is 20.6. The molecule has 8 heteroatoms. The van der Waals surface area contributed by atoms with Crippen LogP contribution in [-0.2, 0) is 11.3 Å². The summed E-state index contributed by atoms with van der Waals surface area (Å²) in [4.78, 5) is 16.8. The van der Waals surface area contributed by atoms with Gasteiger partial charge in [-0.05, 0) is 29.8 Å². The number of nitrogens with one attached hydrogen (secondary N) is 1. The minimum Gasteiger partial charge on any atom is -0.497 e. The van der Waals surface area contributed by atoms with Gasteiger partial charge in [0, 0.05) is 25.0 Å². The van der Waals surface area contributed by atoms with E-state index in [4.69, 9.17) is 14.2 Å². The third-order valence-corrected chi connectivity index (χ3v) is 5.21. The van der Waals surface area contributed by atoms with E-state index < -0.39 is 0 Å². The molecule has 29 heavy (non-hydrogen) atoms. The summed E-state index contributed by atoms with van der Waals surface area (Å²) in [5.74, 6) is 2.12. The fourth-order valence-corrected chi connectivity index (χ4v) is 3.46. The van der Waals surface area contributed by atoms with E-state index in [9.17, 15) is 4.79 Å². The molecule has 0 radical (unpaired) electrons. The molecule has 1 heterocycles. The first-order valence-corrected chi connectivity index (χ1v) is 9.90. The van der Waals surface area contributed by atoms with Crippen molar-refractivity contribution in [2.45, 2.75) is 11.7 Å². The fourth-order valence-electron chi connectivity index (χ4n) is 2.70. The van der Waals surface area contributed by atoms with E-state index in [2.05, 4.69) is 10.3 Å². The van der Waals surface area contributed by atoms with Crippen LogP contribution in [0.1, 0.15) is 5.56 Å². The molecule has 0 aliphatic heterocycles. The number of hydrogen-bond acceptors (Lipinski definition) is 6. The Morgan fingerprint density at radius 3 is 2.45 bits per heavy atom. The third-order valence-electron chi connectivity index (χ3n) is 4.20. The summed E-state index contributed by atoms with van der Waals surface area (Å²) in [6.07, 6.45) is 3.63. The van der Waals surface area contributed by atoms with Crippen molar-refractivity contribution in [2.75, 3.05) is 32.4 Å². The number of nitrogens with zero attached hydrogens (tertiary/aromatic N) is 2. The maximum Gasteiger partial charge on any atom is 0.234 e. The second-order valence-electron chi connectivity index (χ2n) is 6.09. The predicted molar refractivity (Wildman–Crippen MR) is 113 cm³/mol. The van der Waals surface area contributed by atoms with Crippen LogP contribution in [0, 0.1) is 0 Å². The van der Waals surface area contributed by atoms with Crippen molar-refractivity contribution >= 4 is 23.4 Å². The number of thioether (sulfide) groups is 1. The molecule has 0 atom stereocenters. The number of amides is 1. The molecule has 3 aromatic rings. The van der Waals surface area contributed by atoms with E-state index in [0.29, 0.717) is 23.7 Å². The lowest BCUT2D eigenvalue weighted by Gasteiger charge is -2.12. The number of benzene rings is 2. The number of carbonyl (C=O) groups is 1.